The van der Waals surface area contributed by atoms with Crippen molar-refractivity contribution in [3.63, 3.8) is 0 Å². The zero-order valence-corrected chi connectivity index (χ0v) is 19.0. The summed E-state index contributed by atoms with van der Waals surface area (Å²) in [7, 11) is 1.62. The van der Waals surface area contributed by atoms with E-state index in [4.69, 9.17) is 4.74 Å². The van der Waals surface area contributed by atoms with Gasteiger partial charge in [0, 0.05) is 11.4 Å². The molecule has 4 rings (SSSR count). The molecule has 3 aromatic rings. The first-order valence-corrected chi connectivity index (χ1v) is 11.7. The number of carbonyl (C=O) groups is 2. The van der Waals surface area contributed by atoms with E-state index in [-0.39, 0.29) is 23.1 Å². The van der Waals surface area contributed by atoms with Crippen molar-refractivity contribution in [3.05, 3.63) is 90.0 Å². The largest absolute Gasteiger partial charge is 0.497 e. The molecule has 1 N–H and O–H groups in total. The minimum absolute atomic E-state index is 0.0169. The zero-order valence-electron chi connectivity index (χ0n) is 18.2. The fourth-order valence-electron chi connectivity index (χ4n) is 3.91. The predicted molar refractivity (Wildman–Crippen MR) is 130 cm³/mol. The summed E-state index contributed by atoms with van der Waals surface area (Å²) >= 11 is 1.60. The van der Waals surface area contributed by atoms with Crippen LogP contribution in [0.4, 0.5) is 11.4 Å². The number of nitrogens with one attached hydrogen (secondary N) is 1. The summed E-state index contributed by atoms with van der Waals surface area (Å²) in [4.78, 5) is 27.2. The van der Waals surface area contributed by atoms with E-state index in [1.54, 1.807) is 18.9 Å². The minimum Gasteiger partial charge on any atom is -0.497 e. The number of carbonyl (C=O) groups excluding carboxylic acids is 2. The molecule has 0 aromatic heterocycles. The molecule has 6 heteroatoms. The maximum atomic E-state index is 12.8. The van der Waals surface area contributed by atoms with Crippen molar-refractivity contribution < 1.29 is 14.3 Å². The Morgan fingerprint density at radius 2 is 1.75 bits per heavy atom. The van der Waals surface area contributed by atoms with Crippen LogP contribution in [0.2, 0.25) is 0 Å². The van der Waals surface area contributed by atoms with E-state index in [0.29, 0.717) is 5.75 Å². The molecule has 0 radical (unpaired) electrons. The Hall–Kier alpha value is -3.25. The van der Waals surface area contributed by atoms with Crippen LogP contribution in [-0.2, 0) is 9.59 Å². The van der Waals surface area contributed by atoms with Crippen LogP contribution in [0.25, 0.3) is 0 Å². The van der Waals surface area contributed by atoms with Gasteiger partial charge in [0.05, 0.1) is 18.8 Å². The molecule has 3 aromatic carbocycles. The van der Waals surface area contributed by atoms with Gasteiger partial charge in [0.2, 0.25) is 11.8 Å². The topological polar surface area (TPSA) is 58.6 Å². The number of hydrogen-bond acceptors (Lipinski definition) is 4. The second kappa shape index (κ2) is 9.92. The average Bonchev–Trinajstić information content (AvgIpc) is 3.22. The number of rotatable bonds is 7. The van der Waals surface area contributed by atoms with Gasteiger partial charge in [0.1, 0.15) is 11.1 Å². The third-order valence-corrected chi connectivity index (χ3v) is 6.82. The highest BCUT2D eigenvalue weighted by atomic mass is 32.2. The van der Waals surface area contributed by atoms with Crippen molar-refractivity contribution in [1.82, 2.24) is 0 Å². The van der Waals surface area contributed by atoms with Crippen molar-refractivity contribution in [3.8, 4) is 5.75 Å². The number of methoxy groups -OCH3 is 1. The number of benzene rings is 3. The molecule has 32 heavy (non-hydrogen) atoms. The molecule has 1 saturated heterocycles. The second-order valence-corrected chi connectivity index (χ2v) is 8.68. The van der Waals surface area contributed by atoms with E-state index >= 15 is 0 Å². The summed E-state index contributed by atoms with van der Waals surface area (Å²) in [6.45, 7) is 2.02. The van der Waals surface area contributed by atoms with E-state index in [1.165, 1.54) is 0 Å². The lowest BCUT2D eigenvalue weighted by Crippen LogP contribution is -2.27. The zero-order chi connectivity index (χ0) is 22.5. The van der Waals surface area contributed by atoms with Gasteiger partial charge in [-0.05, 0) is 53.9 Å². The summed E-state index contributed by atoms with van der Waals surface area (Å²) in [6.07, 6.45) is 0.728. The lowest BCUT2D eigenvalue weighted by molar-refractivity contribution is -0.118. The second-order valence-electron chi connectivity index (χ2n) is 7.61. The number of nitrogens with zero attached hydrogens (tertiary/aromatic N) is 1. The molecule has 0 unspecified atom stereocenters. The van der Waals surface area contributed by atoms with Crippen molar-refractivity contribution in [1.29, 1.82) is 0 Å². The third-order valence-electron chi connectivity index (χ3n) is 5.61. The number of anilines is 2. The SMILES string of the molecule is CC[C@H](C(=O)Nc1ccc([C@H]2SCC(=O)N2c2ccc(OC)cc2)cc1)c1ccccc1. The first kappa shape index (κ1) is 22.0. The van der Waals surface area contributed by atoms with E-state index in [1.807, 2.05) is 90.7 Å². The average molecular weight is 447 g/mol. The van der Waals surface area contributed by atoms with Gasteiger partial charge in [-0.2, -0.15) is 0 Å². The maximum Gasteiger partial charge on any atom is 0.238 e. The molecule has 0 saturated carbocycles. The number of amides is 2. The van der Waals surface area contributed by atoms with Crippen LogP contribution in [0.3, 0.4) is 0 Å². The number of hydrogen-bond donors (Lipinski definition) is 1. The highest BCUT2D eigenvalue weighted by molar-refractivity contribution is 8.00. The number of ether oxygens (including phenoxy) is 1. The van der Waals surface area contributed by atoms with Crippen LogP contribution < -0.4 is 15.0 Å². The van der Waals surface area contributed by atoms with Crippen LogP contribution in [0.5, 0.6) is 5.75 Å². The van der Waals surface area contributed by atoms with Crippen LogP contribution >= 0.6 is 11.8 Å². The molecule has 1 fully saturated rings. The molecule has 1 aliphatic rings. The summed E-state index contributed by atoms with van der Waals surface area (Å²) < 4.78 is 5.22. The van der Waals surface area contributed by atoms with E-state index in [9.17, 15) is 9.59 Å². The fraction of sp³-hybridized carbons (Fsp3) is 0.231. The Balaban J connectivity index is 1.48. The molecule has 1 heterocycles. The van der Waals surface area contributed by atoms with E-state index < -0.39 is 0 Å². The van der Waals surface area contributed by atoms with E-state index in [0.717, 1.165) is 34.7 Å². The molecule has 2 atom stereocenters. The van der Waals surface area contributed by atoms with Crippen molar-refractivity contribution in [2.45, 2.75) is 24.6 Å². The van der Waals surface area contributed by atoms with Gasteiger partial charge in [-0.15, -0.1) is 11.8 Å². The van der Waals surface area contributed by atoms with Crippen molar-refractivity contribution in [2.24, 2.45) is 0 Å². The van der Waals surface area contributed by atoms with Gasteiger partial charge in [-0.25, -0.2) is 0 Å². The minimum atomic E-state index is -0.190. The summed E-state index contributed by atoms with van der Waals surface area (Å²) in [5.74, 6) is 1.06. The first-order chi connectivity index (χ1) is 15.6. The fourth-order valence-corrected chi connectivity index (χ4v) is 5.09. The van der Waals surface area contributed by atoms with Crippen LogP contribution in [0.1, 0.15) is 35.8 Å². The number of thioether (sulfide) groups is 1. The van der Waals surface area contributed by atoms with Gasteiger partial charge < -0.3 is 10.1 Å². The highest BCUT2D eigenvalue weighted by Gasteiger charge is 2.34. The molecule has 5 nitrogen and oxygen atoms in total. The Morgan fingerprint density at radius 1 is 1.06 bits per heavy atom. The van der Waals surface area contributed by atoms with Crippen molar-refractivity contribution in [2.75, 3.05) is 23.1 Å². The third kappa shape index (κ3) is 4.65. The molecule has 0 bridgehead atoms. The summed E-state index contributed by atoms with van der Waals surface area (Å²) in [6, 6.07) is 25.1. The van der Waals surface area contributed by atoms with Gasteiger partial charge in [0.15, 0.2) is 0 Å². The highest BCUT2D eigenvalue weighted by Crippen LogP contribution is 2.42. The molecule has 0 aliphatic carbocycles. The van der Waals surface area contributed by atoms with Crippen LogP contribution in [0, 0.1) is 0 Å². The van der Waals surface area contributed by atoms with Crippen LogP contribution in [0.15, 0.2) is 78.9 Å². The monoisotopic (exact) mass is 446 g/mol. The van der Waals surface area contributed by atoms with E-state index in [2.05, 4.69) is 5.32 Å². The Morgan fingerprint density at radius 3 is 2.38 bits per heavy atom. The molecule has 164 valence electrons. The normalized spacial score (nSPS) is 16.6. The van der Waals surface area contributed by atoms with Gasteiger partial charge in [-0.1, -0.05) is 49.4 Å². The predicted octanol–water partition coefficient (Wildman–Crippen LogP) is 5.61. The Kier molecular flexibility index (Phi) is 6.81. The standard InChI is InChI=1S/C26H26N2O3S/c1-3-23(18-7-5-4-6-8-18)25(30)27-20-11-9-19(10-12-20)26-28(24(29)17-32-26)21-13-15-22(31-2)16-14-21/h4-16,23,26H,3,17H2,1-2H3,(H,27,30)/t23-,26+/m0/s1. The Labute approximate surface area is 192 Å². The first-order valence-electron chi connectivity index (χ1n) is 10.6. The Bertz CT molecular complexity index is 1070. The van der Waals surface area contributed by atoms with Crippen molar-refractivity contribution >= 4 is 35.0 Å². The van der Waals surface area contributed by atoms with Crippen LogP contribution in [-0.4, -0.2) is 24.7 Å². The summed E-state index contributed by atoms with van der Waals surface area (Å²) in [5, 5.41) is 2.93. The van der Waals surface area contributed by atoms with Gasteiger partial charge in [0.25, 0.3) is 0 Å². The molecule has 1 aliphatic heterocycles. The molecule has 0 spiro atoms. The molecular formula is C26H26N2O3S. The molecule has 2 amide bonds. The van der Waals surface area contributed by atoms with Gasteiger partial charge >= 0.3 is 0 Å². The van der Waals surface area contributed by atoms with Gasteiger partial charge in [-0.3, -0.25) is 14.5 Å². The maximum absolute atomic E-state index is 12.8. The quantitative estimate of drug-likeness (QED) is 0.513. The lowest BCUT2D eigenvalue weighted by atomic mass is 9.95. The molecular weight excluding hydrogens is 420 g/mol. The smallest absolute Gasteiger partial charge is 0.238 e. The summed E-state index contributed by atoms with van der Waals surface area (Å²) in [5.41, 5.74) is 3.63. The lowest BCUT2D eigenvalue weighted by Gasteiger charge is -2.24.